The molecule has 0 bridgehead atoms. The minimum Gasteiger partial charge on any atom is -0.329 e. The molecule has 5 aromatic rings. The molecule has 0 spiro atoms. The van der Waals surface area contributed by atoms with Gasteiger partial charge in [0.05, 0.1) is 44.0 Å². The molecule has 1 aliphatic rings. The number of hydrogen-bond acceptors (Lipinski definition) is 5. The number of thiazole rings is 1. The van der Waals surface area contributed by atoms with Gasteiger partial charge >= 0.3 is 0 Å². The molecule has 0 aliphatic carbocycles. The number of nitrogens with zero attached hydrogens (tertiary/aromatic N) is 3. The van der Waals surface area contributed by atoms with Gasteiger partial charge in [-0.05, 0) is 79.4 Å². The van der Waals surface area contributed by atoms with E-state index in [9.17, 15) is 13.2 Å². The van der Waals surface area contributed by atoms with Gasteiger partial charge in [0.2, 0.25) is 0 Å². The lowest BCUT2D eigenvalue weighted by atomic mass is 10.0. The molecule has 2 heterocycles. The van der Waals surface area contributed by atoms with Crippen LogP contribution in [0.4, 0.5) is 5.69 Å². The number of amides is 1. The zero-order valence-electron chi connectivity index (χ0n) is 22.5. The van der Waals surface area contributed by atoms with Gasteiger partial charge < -0.3 is 4.90 Å². The largest absolute Gasteiger partial charge is 0.329 e. The van der Waals surface area contributed by atoms with E-state index in [4.69, 9.17) is 28.2 Å². The Morgan fingerprint density at radius 2 is 1.67 bits per heavy atom. The van der Waals surface area contributed by atoms with Crippen molar-refractivity contribution >= 4 is 66.4 Å². The first-order valence-electron chi connectivity index (χ1n) is 13.6. The summed E-state index contributed by atoms with van der Waals surface area (Å²) in [5.41, 5.74) is 2.33. The lowest BCUT2D eigenvalue weighted by molar-refractivity contribution is 0.0611. The molecular formula is C32H27Cl2N3O3S2. The standard InChI is InChI=1S/C32H27Cl2N3O3S2/c33-23-13-15-24(16-14-23)37(21-22-8-2-1-3-9-22)42(39,40)25-17-18-27(34)26(20-25)32(38)36-19-7-6-11-29(36)31-35-28-10-4-5-12-30(28)41-31/h1-5,8-10,12-18,20,29H,6-7,11,19,21H2. The molecule has 0 saturated carbocycles. The lowest BCUT2D eigenvalue weighted by Gasteiger charge is -2.35. The third-order valence-corrected chi connectivity index (χ3v) is 10.9. The highest BCUT2D eigenvalue weighted by molar-refractivity contribution is 7.92. The number of halogens is 2. The molecule has 6 rings (SSSR count). The second kappa shape index (κ2) is 12.1. The van der Waals surface area contributed by atoms with E-state index in [1.807, 2.05) is 54.6 Å². The number of aromatic nitrogens is 1. The Hall–Kier alpha value is -3.43. The number of hydrogen-bond donors (Lipinski definition) is 0. The fourth-order valence-corrected chi connectivity index (χ4v) is 8.17. The minimum atomic E-state index is -4.10. The second-order valence-electron chi connectivity index (χ2n) is 10.1. The minimum absolute atomic E-state index is 0.0188. The third-order valence-electron chi connectivity index (χ3n) is 7.40. The van der Waals surface area contributed by atoms with Crippen LogP contribution in [0.3, 0.4) is 0 Å². The second-order valence-corrected chi connectivity index (χ2v) is 13.9. The van der Waals surface area contributed by atoms with Gasteiger partial charge in [-0.1, -0.05) is 65.7 Å². The van der Waals surface area contributed by atoms with Gasteiger partial charge in [-0.15, -0.1) is 11.3 Å². The zero-order valence-corrected chi connectivity index (χ0v) is 25.6. The summed E-state index contributed by atoms with van der Waals surface area (Å²) in [5.74, 6) is -0.304. The molecule has 1 atom stereocenters. The van der Waals surface area contributed by atoms with Gasteiger partial charge in [-0.2, -0.15) is 0 Å². The monoisotopic (exact) mass is 635 g/mol. The van der Waals surface area contributed by atoms with Crippen molar-refractivity contribution in [2.45, 2.75) is 36.7 Å². The zero-order chi connectivity index (χ0) is 29.3. The van der Waals surface area contributed by atoms with Gasteiger partial charge in [0, 0.05) is 11.6 Å². The first kappa shape index (κ1) is 28.7. The van der Waals surface area contributed by atoms with E-state index in [0.717, 1.165) is 40.1 Å². The van der Waals surface area contributed by atoms with Crippen LogP contribution in [0.25, 0.3) is 10.2 Å². The Balaban J connectivity index is 1.36. The van der Waals surface area contributed by atoms with Gasteiger partial charge in [-0.25, -0.2) is 13.4 Å². The molecule has 1 unspecified atom stereocenters. The maximum atomic E-state index is 14.2. The molecule has 0 radical (unpaired) electrons. The van der Waals surface area contributed by atoms with E-state index >= 15 is 0 Å². The van der Waals surface area contributed by atoms with Crippen LogP contribution in [0.2, 0.25) is 10.0 Å². The normalized spacial score (nSPS) is 15.6. The smallest absolute Gasteiger partial charge is 0.264 e. The Morgan fingerprint density at radius 1 is 0.929 bits per heavy atom. The molecular weight excluding hydrogens is 609 g/mol. The molecule has 214 valence electrons. The highest BCUT2D eigenvalue weighted by Crippen LogP contribution is 2.38. The van der Waals surface area contributed by atoms with Crippen molar-refractivity contribution in [1.29, 1.82) is 0 Å². The summed E-state index contributed by atoms with van der Waals surface area (Å²) in [6.45, 7) is 0.639. The average molecular weight is 637 g/mol. The summed E-state index contributed by atoms with van der Waals surface area (Å²) in [6, 6.07) is 28.0. The van der Waals surface area contributed by atoms with Crippen LogP contribution in [0.15, 0.2) is 102 Å². The van der Waals surface area contributed by atoms with Crippen molar-refractivity contribution < 1.29 is 13.2 Å². The van der Waals surface area contributed by atoms with Crippen LogP contribution >= 0.6 is 34.5 Å². The molecule has 42 heavy (non-hydrogen) atoms. The van der Waals surface area contributed by atoms with E-state index < -0.39 is 10.0 Å². The van der Waals surface area contributed by atoms with Gasteiger partial charge in [0.15, 0.2) is 0 Å². The number of benzene rings is 4. The van der Waals surface area contributed by atoms with E-state index in [-0.39, 0.29) is 34.0 Å². The number of carbonyl (C=O) groups is 1. The van der Waals surface area contributed by atoms with Gasteiger partial charge in [0.25, 0.3) is 15.9 Å². The maximum absolute atomic E-state index is 14.2. The Morgan fingerprint density at radius 3 is 2.43 bits per heavy atom. The van der Waals surface area contributed by atoms with Crippen molar-refractivity contribution in [1.82, 2.24) is 9.88 Å². The van der Waals surface area contributed by atoms with Crippen molar-refractivity contribution in [2.24, 2.45) is 0 Å². The van der Waals surface area contributed by atoms with Crippen LogP contribution in [0.5, 0.6) is 0 Å². The van der Waals surface area contributed by atoms with Crippen molar-refractivity contribution in [3.05, 3.63) is 123 Å². The number of rotatable bonds is 7. The van der Waals surface area contributed by atoms with Crippen LogP contribution in [0.1, 0.15) is 46.2 Å². The summed E-state index contributed by atoms with van der Waals surface area (Å²) in [5, 5.41) is 1.58. The number of carbonyl (C=O) groups excluding carboxylic acids is 1. The average Bonchev–Trinajstić information content (AvgIpc) is 3.45. The number of fused-ring (bicyclic) bond motifs is 1. The van der Waals surface area contributed by atoms with E-state index in [0.29, 0.717) is 17.3 Å². The van der Waals surface area contributed by atoms with Crippen molar-refractivity contribution in [3.8, 4) is 0 Å². The predicted molar refractivity (Wildman–Crippen MR) is 170 cm³/mol. The molecule has 1 saturated heterocycles. The van der Waals surface area contributed by atoms with Gasteiger partial charge in [-0.3, -0.25) is 9.10 Å². The highest BCUT2D eigenvalue weighted by atomic mass is 35.5. The number of likely N-dealkylation sites (tertiary alicyclic amines) is 1. The van der Waals surface area contributed by atoms with Crippen molar-refractivity contribution in [2.75, 3.05) is 10.8 Å². The topological polar surface area (TPSA) is 70.6 Å². The summed E-state index contributed by atoms with van der Waals surface area (Å²) < 4.78 is 30.8. The quantitative estimate of drug-likeness (QED) is 0.180. The maximum Gasteiger partial charge on any atom is 0.264 e. The first-order chi connectivity index (χ1) is 20.3. The van der Waals surface area contributed by atoms with Crippen molar-refractivity contribution in [3.63, 3.8) is 0 Å². The molecule has 1 aliphatic heterocycles. The Bertz CT molecular complexity index is 1810. The predicted octanol–water partition coefficient (Wildman–Crippen LogP) is 8.37. The Labute approximate surface area is 259 Å². The highest BCUT2D eigenvalue weighted by Gasteiger charge is 2.33. The number of piperidine rings is 1. The van der Waals surface area contributed by atoms with Gasteiger partial charge in [0.1, 0.15) is 5.01 Å². The summed E-state index contributed by atoms with van der Waals surface area (Å²) in [7, 11) is -4.10. The molecule has 1 aromatic heterocycles. The summed E-state index contributed by atoms with van der Waals surface area (Å²) >= 11 is 14.3. The molecule has 6 nitrogen and oxygen atoms in total. The van der Waals surface area contributed by atoms with Crippen LogP contribution in [-0.2, 0) is 16.6 Å². The van der Waals surface area contributed by atoms with E-state index in [1.165, 1.54) is 22.5 Å². The summed E-state index contributed by atoms with van der Waals surface area (Å²) in [4.78, 5) is 20.7. The Kier molecular flexibility index (Phi) is 8.23. The SMILES string of the molecule is O=C(c1cc(S(=O)(=O)N(Cc2ccccc2)c2ccc(Cl)cc2)ccc1Cl)N1CCCCC1c1nc2ccccc2s1. The molecule has 4 aromatic carbocycles. The molecule has 1 fully saturated rings. The molecule has 0 N–H and O–H groups in total. The van der Waals surface area contributed by atoms with Crippen LogP contribution in [0, 0.1) is 0 Å². The van der Waals surface area contributed by atoms with E-state index in [1.54, 1.807) is 40.5 Å². The number of para-hydroxylation sites is 1. The summed E-state index contributed by atoms with van der Waals surface area (Å²) in [6.07, 6.45) is 2.61. The fraction of sp³-hybridized carbons (Fsp3) is 0.188. The molecule has 1 amide bonds. The van der Waals surface area contributed by atoms with Crippen LogP contribution in [-0.4, -0.2) is 30.8 Å². The number of anilines is 1. The fourth-order valence-electron chi connectivity index (χ4n) is 5.25. The van der Waals surface area contributed by atoms with E-state index in [2.05, 4.69) is 0 Å². The third kappa shape index (κ3) is 5.77. The number of sulfonamides is 1. The van der Waals surface area contributed by atoms with Crippen LogP contribution < -0.4 is 4.31 Å². The molecule has 10 heteroatoms. The lowest BCUT2D eigenvalue weighted by Crippen LogP contribution is -2.38. The first-order valence-corrected chi connectivity index (χ1v) is 16.6.